The standard InChI is InChI=1S/C15H20N2OS/c1-19-14-8-4-7-12(14)17-15(18)13-9-10-5-2-3-6-11(10)16-13/h2-3,5-6,12-14,16H,4,7-9H2,1H3,(H,17,18)/t12?,13-,14?/m0/s1. The van der Waals surface area contributed by atoms with Gasteiger partial charge in [0.2, 0.25) is 5.91 Å². The molecule has 1 aliphatic carbocycles. The first kappa shape index (κ1) is 12.9. The van der Waals surface area contributed by atoms with Gasteiger partial charge in [0.1, 0.15) is 6.04 Å². The molecule has 1 heterocycles. The van der Waals surface area contributed by atoms with E-state index in [1.54, 1.807) is 0 Å². The van der Waals surface area contributed by atoms with E-state index < -0.39 is 0 Å². The summed E-state index contributed by atoms with van der Waals surface area (Å²) in [6, 6.07) is 8.43. The molecule has 1 saturated carbocycles. The van der Waals surface area contributed by atoms with Crippen molar-refractivity contribution in [3.05, 3.63) is 29.8 Å². The van der Waals surface area contributed by atoms with Gasteiger partial charge in [0.05, 0.1) is 0 Å². The molecule has 1 amide bonds. The number of para-hydroxylation sites is 1. The van der Waals surface area contributed by atoms with Crippen molar-refractivity contribution in [1.82, 2.24) is 5.32 Å². The summed E-state index contributed by atoms with van der Waals surface area (Å²) in [6.45, 7) is 0. The number of hydrogen-bond acceptors (Lipinski definition) is 3. The van der Waals surface area contributed by atoms with Crippen LogP contribution in [0.5, 0.6) is 0 Å². The molecule has 0 spiro atoms. The molecule has 1 fully saturated rings. The normalized spacial score (nSPS) is 28.8. The average molecular weight is 276 g/mol. The van der Waals surface area contributed by atoms with Crippen molar-refractivity contribution >= 4 is 23.4 Å². The largest absolute Gasteiger partial charge is 0.373 e. The summed E-state index contributed by atoms with van der Waals surface area (Å²) in [5.74, 6) is 0.155. The third-order valence-electron chi connectivity index (χ3n) is 4.17. The van der Waals surface area contributed by atoms with Crippen molar-refractivity contribution in [2.75, 3.05) is 11.6 Å². The molecule has 2 N–H and O–H groups in total. The SMILES string of the molecule is CSC1CCCC1NC(=O)[C@@H]1Cc2ccccc2N1. The minimum Gasteiger partial charge on any atom is -0.373 e. The molecule has 1 aromatic rings. The number of fused-ring (bicyclic) bond motifs is 1. The Bertz CT molecular complexity index is 452. The molecule has 3 nitrogen and oxygen atoms in total. The number of rotatable bonds is 3. The van der Waals surface area contributed by atoms with Crippen molar-refractivity contribution in [2.45, 2.75) is 43.0 Å². The third kappa shape index (κ3) is 2.59. The Hall–Kier alpha value is -1.16. The van der Waals surface area contributed by atoms with E-state index in [2.05, 4.69) is 23.0 Å². The third-order valence-corrected chi connectivity index (χ3v) is 5.34. The number of thioether (sulfide) groups is 1. The van der Waals surface area contributed by atoms with Gasteiger partial charge in [-0.3, -0.25) is 4.79 Å². The Morgan fingerprint density at radius 3 is 3.00 bits per heavy atom. The van der Waals surface area contributed by atoms with Crippen molar-refractivity contribution in [3.8, 4) is 0 Å². The number of hydrogen-bond donors (Lipinski definition) is 2. The summed E-state index contributed by atoms with van der Waals surface area (Å²) in [5.41, 5.74) is 2.35. The molecule has 102 valence electrons. The van der Waals surface area contributed by atoms with Crippen LogP contribution in [0.1, 0.15) is 24.8 Å². The second kappa shape index (κ2) is 5.45. The fraction of sp³-hybridized carbons (Fsp3) is 0.533. The van der Waals surface area contributed by atoms with Crippen LogP contribution >= 0.6 is 11.8 Å². The van der Waals surface area contributed by atoms with Gasteiger partial charge in [-0.15, -0.1) is 0 Å². The average Bonchev–Trinajstić information content (AvgIpc) is 3.03. The van der Waals surface area contributed by atoms with Crippen LogP contribution in [0.15, 0.2) is 24.3 Å². The molecule has 2 unspecified atom stereocenters. The van der Waals surface area contributed by atoms with E-state index in [9.17, 15) is 4.79 Å². The summed E-state index contributed by atoms with van der Waals surface area (Å²) < 4.78 is 0. The van der Waals surface area contributed by atoms with Gasteiger partial charge < -0.3 is 10.6 Å². The van der Waals surface area contributed by atoms with Gasteiger partial charge in [0.15, 0.2) is 0 Å². The second-order valence-electron chi connectivity index (χ2n) is 5.38. The predicted octanol–water partition coefficient (Wildman–Crippen LogP) is 2.42. The lowest BCUT2D eigenvalue weighted by Crippen LogP contribution is -2.46. The lowest BCUT2D eigenvalue weighted by molar-refractivity contribution is -0.122. The Kier molecular flexibility index (Phi) is 3.69. The highest BCUT2D eigenvalue weighted by Gasteiger charge is 2.32. The molecular formula is C15H20N2OS. The topological polar surface area (TPSA) is 41.1 Å². The van der Waals surface area contributed by atoms with E-state index in [0.29, 0.717) is 11.3 Å². The fourth-order valence-electron chi connectivity index (χ4n) is 3.11. The number of amides is 1. The number of carbonyl (C=O) groups is 1. The first-order valence-corrected chi connectivity index (χ1v) is 8.24. The van der Waals surface area contributed by atoms with Crippen LogP contribution in [0, 0.1) is 0 Å². The molecule has 1 aromatic carbocycles. The van der Waals surface area contributed by atoms with Gasteiger partial charge in [-0.25, -0.2) is 0 Å². The molecule has 0 saturated heterocycles. The molecule has 19 heavy (non-hydrogen) atoms. The first-order chi connectivity index (χ1) is 9.28. The zero-order valence-corrected chi connectivity index (χ0v) is 12.0. The Labute approximate surface area is 118 Å². The van der Waals surface area contributed by atoms with Crippen molar-refractivity contribution < 1.29 is 4.79 Å². The van der Waals surface area contributed by atoms with Crippen LogP contribution in [-0.4, -0.2) is 29.5 Å². The van der Waals surface area contributed by atoms with Crippen LogP contribution in [0.25, 0.3) is 0 Å². The first-order valence-electron chi connectivity index (χ1n) is 6.95. The van der Waals surface area contributed by atoms with Crippen LogP contribution in [0.4, 0.5) is 5.69 Å². The van der Waals surface area contributed by atoms with Crippen molar-refractivity contribution in [2.24, 2.45) is 0 Å². The quantitative estimate of drug-likeness (QED) is 0.891. The Morgan fingerprint density at radius 1 is 1.37 bits per heavy atom. The summed E-state index contributed by atoms with van der Waals surface area (Å²) in [7, 11) is 0. The van der Waals surface area contributed by atoms with E-state index in [-0.39, 0.29) is 11.9 Å². The van der Waals surface area contributed by atoms with Gasteiger partial charge in [-0.05, 0) is 30.7 Å². The lowest BCUT2D eigenvalue weighted by Gasteiger charge is -2.21. The minimum atomic E-state index is -0.0968. The Balaban J connectivity index is 1.61. The maximum atomic E-state index is 12.3. The van der Waals surface area contributed by atoms with Gasteiger partial charge in [-0.1, -0.05) is 24.6 Å². The predicted molar refractivity (Wildman–Crippen MR) is 80.6 cm³/mol. The summed E-state index contributed by atoms with van der Waals surface area (Å²) in [6.07, 6.45) is 6.52. The maximum absolute atomic E-state index is 12.3. The molecule has 0 bridgehead atoms. The van der Waals surface area contributed by atoms with Gasteiger partial charge in [0.25, 0.3) is 0 Å². The van der Waals surface area contributed by atoms with E-state index in [1.807, 2.05) is 30.0 Å². The monoisotopic (exact) mass is 276 g/mol. The van der Waals surface area contributed by atoms with Gasteiger partial charge in [0, 0.05) is 23.4 Å². The summed E-state index contributed by atoms with van der Waals surface area (Å²) in [4.78, 5) is 12.3. The zero-order valence-electron chi connectivity index (χ0n) is 11.2. The molecular weight excluding hydrogens is 256 g/mol. The number of carbonyl (C=O) groups excluding carboxylic acids is 1. The van der Waals surface area contributed by atoms with Crippen LogP contribution in [-0.2, 0) is 11.2 Å². The van der Waals surface area contributed by atoms with Crippen molar-refractivity contribution in [1.29, 1.82) is 0 Å². The van der Waals surface area contributed by atoms with E-state index >= 15 is 0 Å². The minimum absolute atomic E-state index is 0.0968. The molecule has 3 atom stereocenters. The number of anilines is 1. The van der Waals surface area contributed by atoms with E-state index in [4.69, 9.17) is 0 Å². The van der Waals surface area contributed by atoms with Crippen molar-refractivity contribution in [3.63, 3.8) is 0 Å². The molecule has 4 heteroatoms. The van der Waals surface area contributed by atoms with E-state index in [0.717, 1.165) is 18.5 Å². The van der Waals surface area contributed by atoms with Gasteiger partial charge in [-0.2, -0.15) is 11.8 Å². The maximum Gasteiger partial charge on any atom is 0.243 e. The van der Waals surface area contributed by atoms with Gasteiger partial charge >= 0.3 is 0 Å². The summed E-state index contributed by atoms with van der Waals surface area (Å²) in [5, 5.41) is 7.15. The smallest absolute Gasteiger partial charge is 0.243 e. The lowest BCUT2D eigenvalue weighted by atomic mass is 10.1. The highest BCUT2D eigenvalue weighted by molar-refractivity contribution is 7.99. The number of nitrogens with one attached hydrogen (secondary N) is 2. The molecule has 2 aliphatic rings. The van der Waals surface area contributed by atoms with Crippen LogP contribution in [0.2, 0.25) is 0 Å². The van der Waals surface area contributed by atoms with Crippen LogP contribution < -0.4 is 10.6 Å². The molecule has 0 aromatic heterocycles. The highest BCUT2D eigenvalue weighted by atomic mass is 32.2. The zero-order chi connectivity index (χ0) is 13.2. The summed E-state index contributed by atoms with van der Waals surface area (Å²) >= 11 is 1.88. The molecule has 3 rings (SSSR count). The Morgan fingerprint density at radius 2 is 2.21 bits per heavy atom. The highest BCUT2D eigenvalue weighted by Crippen LogP contribution is 2.29. The fourth-order valence-corrected chi connectivity index (χ4v) is 4.05. The molecule has 1 aliphatic heterocycles. The van der Waals surface area contributed by atoms with E-state index in [1.165, 1.54) is 18.4 Å². The van der Waals surface area contributed by atoms with Crippen LogP contribution in [0.3, 0.4) is 0 Å². The second-order valence-corrected chi connectivity index (χ2v) is 6.46. The number of benzene rings is 1. The molecule has 0 radical (unpaired) electrons.